The van der Waals surface area contributed by atoms with Gasteiger partial charge in [-0.1, -0.05) is 13.8 Å². The maximum Gasteiger partial charge on any atom is 0.272 e. The molecule has 2 rings (SSSR count). The van der Waals surface area contributed by atoms with Crippen LogP contribution in [0.5, 0.6) is 0 Å². The molecule has 4 heteroatoms. The highest BCUT2D eigenvalue weighted by atomic mass is 16.2. The molecule has 1 atom stereocenters. The quantitative estimate of drug-likeness (QED) is 0.918. The number of amides is 1. The second-order valence-electron chi connectivity index (χ2n) is 5.69. The van der Waals surface area contributed by atoms with Gasteiger partial charge in [0.05, 0.1) is 11.9 Å². The topological polar surface area (TPSA) is 45.2 Å². The molecule has 1 aromatic rings. The van der Waals surface area contributed by atoms with Gasteiger partial charge in [0.25, 0.3) is 5.91 Å². The number of anilines is 1. The van der Waals surface area contributed by atoms with Crippen LogP contribution in [0.25, 0.3) is 0 Å². The third-order valence-corrected chi connectivity index (χ3v) is 3.87. The SMILES string of the molecule is CCCNc1ccc(C(=O)N2CCCC(C)CC2)nc1. The minimum Gasteiger partial charge on any atom is -0.384 e. The van der Waals surface area contributed by atoms with Crippen LogP contribution in [-0.4, -0.2) is 35.4 Å². The molecule has 0 bridgehead atoms. The summed E-state index contributed by atoms with van der Waals surface area (Å²) < 4.78 is 0. The standard InChI is InChI=1S/C16H25N3O/c1-3-9-17-14-6-7-15(18-12-14)16(20)19-10-4-5-13(2)8-11-19/h6-7,12-13,17H,3-5,8-11H2,1-2H3. The average molecular weight is 275 g/mol. The lowest BCUT2D eigenvalue weighted by atomic mass is 10.0. The molecule has 1 unspecified atom stereocenters. The smallest absolute Gasteiger partial charge is 0.272 e. The van der Waals surface area contributed by atoms with Gasteiger partial charge in [0.2, 0.25) is 0 Å². The van der Waals surface area contributed by atoms with E-state index in [1.807, 2.05) is 17.0 Å². The molecule has 1 aliphatic heterocycles. The summed E-state index contributed by atoms with van der Waals surface area (Å²) in [6, 6.07) is 3.77. The molecule has 0 radical (unpaired) electrons. The van der Waals surface area contributed by atoms with E-state index >= 15 is 0 Å². The van der Waals surface area contributed by atoms with Crippen LogP contribution in [0.15, 0.2) is 18.3 Å². The molecule has 1 amide bonds. The average Bonchev–Trinajstić information content (AvgIpc) is 2.70. The number of nitrogens with one attached hydrogen (secondary N) is 1. The van der Waals surface area contributed by atoms with E-state index in [1.165, 1.54) is 6.42 Å². The predicted octanol–water partition coefficient (Wildman–Crippen LogP) is 3.17. The number of aromatic nitrogens is 1. The predicted molar refractivity (Wildman–Crippen MR) is 81.9 cm³/mol. The highest BCUT2D eigenvalue weighted by molar-refractivity contribution is 5.92. The molecule has 1 aromatic heterocycles. The zero-order valence-electron chi connectivity index (χ0n) is 12.6. The van der Waals surface area contributed by atoms with Gasteiger partial charge >= 0.3 is 0 Å². The van der Waals surface area contributed by atoms with E-state index < -0.39 is 0 Å². The number of likely N-dealkylation sites (tertiary alicyclic amines) is 1. The highest BCUT2D eigenvalue weighted by Crippen LogP contribution is 2.18. The zero-order chi connectivity index (χ0) is 14.4. The number of pyridine rings is 1. The Morgan fingerprint density at radius 2 is 2.25 bits per heavy atom. The van der Waals surface area contributed by atoms with Gasteiger partial charge in [-0.2, -0.15) is 0 Å². The number of carbonyl (C=O) groups excluding carboxylic acids is 1. The highest BCUT2D eigenvalue weighted by Gasteiger charge is 2.20. The van der Waals surface area contributed by atoms with E-state index in [0.29, 0.717) is 5.69 Å². The number of rotatable bonds is 4. The molecule has 20 heavy (non-hydrogen) atoms. The van der Waals surface area contributed by atoms with Crippen molar-refractivity contribution in [2.75, 3.05) is 25.0 Å². The van der Waals surface area contributed by atoms with Gasteiger partial charge in [0.15, 0.2) is 0 Å². The fourth-order valence-electron chi connectivity index (χ4n) is 2.52. The Morgan fingerprint density at radius 1 is 1.40 bits per heavy atom. The summed E-state index contributed by atoms with van der Waals surface area (Å²) in [5, 5.41) is 3.27. The number of hydrogen-bond donors (Lipinski definition) is 1. The fraction of sp³-hybridized carbons (Fsp3) is 0.625. The Morgan fingerprint density at radius 3 is 2.95 bits per heavy atom. The summed E-state index contributed by atoms with van der Waals surface area (Å²) in [5.41, 5.74) is 1.54. The third kappa shape index (κ3) is 3.95. The van der Waals surface area contributed by atoms with Crippen LogP contribution >= 0.6 is 0 Å². The molecule has 1 saturated heterocycles. The van der Waals surface area contributed by atoms with E-state index in [2.05, 4.69) is 24.1 Å². The van der Waals surface area contributed by atoms with Crippen molar-refractivity contribution in [3.63, 3.8) is 0 Å². The van der Waals surface area contributed by atoms with Crippen molar-refractivity contribution < 1.29 is 4.79 Å². The largest absolute Gasteiger partial charge is 0.384 e. The monoisotopic (exact) mass is 275 g/mol. The van der Waals surface area contributed by atoms with Crippen LogP contribution in [-0.2, 0) is 0 Å². The van der Waals surface area contributed by atoms with Crippen molar-refractivity contribution in [3.8, 4) is 0 Å². The van der Waals surface area contributed by atoms with Gasteiger partial charge in [0.1, 0.15) is 5.69 Å². The lowest BCUT2D eigenvalue weighted by Gasteiger charge is -2.20. The second-order valence-corrected chi connectivity index (χ2v) is 5.69. The Bertz CT molecular complexity index is 430. The van der Waals surface area contributed by atoms with Crippen LogP contribution in [0.1, 0.15) is 50.0 Å². The first-order valence-electron chi connectivity index (χ1n) is 7.70. The van der Waals surface area contributed by atoms with E-state index in [0.717, 1.165) is 50.5 Å². The first kappa shape index (κ1) is 14.8. The van der Waals surface area contributed by atoms with Crippen molar-refractivity contribution in [2.24, 2.45) is 5.92 Å². The van der Waals surface area contributed by atoms with E-state index in [4.69, 9.17) is 0 Å². The first-order valence-corrected chi connectivity index (χ1v) is 7.70. The lowest BCUT2D eigenvalue weighted by molar-refractivity contribution is 0.0754. The number of nitrogens with zero attached hydrogens (tertiary/aromatic N) is 2. The maximum atomic E-state index is 12.4. The molecule has 1 aliphatic rings. The Kier molecular flexibility index (Phi) is 5.39. The van der Waals surface area contributed by atoms with E-state index in [-0.39, 0.29) is 5.91 Å². The van der Waals surface area contributed by atoms with Crippen molar-refractivity contribution in [1.82, 2.24) is 9.88 Å². The molecular weight excluding hydrogens is 250 g/mol. The van der Waals surface area contributed by atoms with Crippen molar-refractivity contribution in [3.05, 3.63) is 24.0 Å². The van der Waals surface area contributed by atoms with Crippen LogP contribution < -0.4 is 5.32 Å². The zero-order valence-corrected chi connectivity index (χ0v) is 12.6. The van der Waals surface area contributed by atoms with Crippen LogP contribution in [0, 0.1) is 5.92 Å². The van der Waals surface area contributed by atoms with E-state index in [9.17, 15) is 4.79 Å². The maximum absolute atomic E-state index is 12.4. The van der Waals surface area contributed by atoms with Gasteiger partial charge < -0.3 is 10.2 Å². The molecule has 1 fully saturated rings. The molecule has 110 valence electrons. The van der Waals surface area contributed by atoms with Crippen molar-refractivity contribution in [1.29, 1.82) is 0 Å². The summed E-state index contributed by atoms with van der Waals surface area (Å²) in [6.45, 7) is 7.04. The summed E-state index contributed by atoms with van der Waals surface area (Å²) in [7, 11) is 0. The Hall–Kier alpha value is -1.58. The first-order chi connectivity index (χ1) is 9.70. The summed E-state index contributed by atoms with van der Waals surface area (Å²) in [5.74, 6) is 0.794. The fourth-order valence-corrected chi connectivity index (χ4v) is 2.52. The summed E-state index contributed by atoms with van der Waals surface area (Å²) in [4.78, 5) is 18.7. The Balaban J connectivity index is 1.97. The van der Waals surface area contributed by atoms with Gasteiger partial charge in [-0.3, -0.25) is 4.79 Å². The van der Waals surface area contributed by atoms with Gasteiger partial charge in [-0.15, -0.1) is 0 Å². The molecule has 0 aliphatic carbocycles. The second kappa shape index (κ2) is 7.27. The molecule has 0 spiro atoms. The minimum absolute atomic E-state index is 0.0705. The van der Waals surface area contributed by atoms with Crippen LogP contribution in [0.3, 0.4) is 0 Å². The molecular formula is C16H25N3O. The summed E-state index contributed by atoms with van der Waals surface area (Å²) >= 11 is 0. The molecule has 2 heterocycles. The van der Waals surface area contributed by atoms with Gasteiger partial charge in [0, 0.05) is 19.6 Å². The number of hydrogen-bond acceptors (Lipinski definition) is 3. The molecule has 0 aromatic carbocycles. The minimum atomic E-state index is 0.0705. The third-order valence-electron chi connectivity index (χ3n) is 3.87. The molecule has 1 N–H and O–H groups in total. The number of carbonyl (C=O) groups is 1. The Labute approximate surface area is 121 Å². The lowest BCUT2D eigenvalue weighted by Crippen LogP contribution is -2.32. The van der Waals surface area contributed by atoms with Gasteiger partial charge in [-0.05, 0) is 43.7 Å². The van der Waals surface area contributed by atoms with Gasteiger partial charge in [-0.25, -0.2) is 4.98 Å². The van der Waals surface area contributed by atoms with E-state index in [1.54, 1.807) is 6.20 Å². The van der Waals surface area contributed by atoms with Crippen LogP contribution in [0.2, 0.25) is 0 Å². The normalized spacial score (nSPS) is 19.5. The van der Waals surface area contributed by atoms with Crippen molar-refractivity contribution in [2.45, 2.75) is 39.5 Å². The van der Waals surface area contributed by atoms with Crippen molar-refractivity contribution >= 4 is 11.6 Å². The molecule has 0 saturated carbocycles. The van der Waals surface area contributed by atoms with Crippen LogP contribution in [0.4, 0.5) is 5.69 Å². The molecule has 4 nitrogen and oxygen atoms in total. The summed E-state index contributed by atoms with van der Waals surface area (Å²) in [6.07, 6.45) is 6.25.